The Morgan fingerprint density at radius 3 is 2.36 bits per heavy atom. The van der Waals surface area contributed by atoms with Crippen LogP contribution in [0.2, 0.25) is 5.02 Å². The first-order valence-electron chi connectivity index (χ1n) is 7.20. The van der Waals surface area contributed by atoms with E-state index in [2.05, 4.69) is 15.6 Å². The van der Waals surface area contributed by atoms with Crippen molar-refractivity contribution >= 4 is 45.7 Å². The van der Waals surface area contributed by atoms with E-state index in [0.717, 1.165) is 17.7 Å². The molecule has 25 heavy (non-hydrogen) atoms. The summed E-state index contributed by atoms with van der Waals surface area (Å²) in [5.74, 6) is -3.93. The van der Waals surface area contributed by atoms with Gasteiger partial charge >= 0.3 is 11.8 Å². The molecular formula is C17H12ClF2N3O2. The molecule has 0 fully saturated rings. The maximum atomic E-state index is 13.4. The van der Waals surface area contributed by atoms with E-state index in [0.29, 0.717) is 16.2 Å². The monoisotopic (exact) mass is 363 g/mol. The van der Waals surface area contributed by atoms with Crippen LogP contribution >= 0.6 is 11.6 Å². The molecule has 0 atom stereocenters. The molecule has 2 aromatic carbocycles. The molecule has 0 saturated heterocycles. The molecule has 128 valence electrons. The number of hydrogen-bond donors (Lipinski definition) is 3. The van der Waals surface area contributed by atoms with E-state index in [-0.39, 0.29) is 11.1 Å². The van der Waals surface area contributed by atoms with E-state index in [1.807, 2.05) is 0 Å². The lowest BCUT2D eigenvalue weighted by Crippen LogP contribution is -2.29. The smallest absolute Gasteiger partial charge is 0.314 e. The minimum Gasteiger partial charge on any atom is -0.359 e. The van der Waals surface area contributed by atoms with E-state index < -0.39 is 23.4 Å². The Hall–Kier alpha value is -2.93. The number of rotatable bonds is 2. The van der Waals surface area contributed by atoms with Crippen molar-refractivity contribution in [2.75, 3.05) is 10.6 Å². The average Bonchev–Trinajstić information content (AvgIpc) is 2.93. The first-order chi connectivity index (χ1) is 11.8. The van der Waals surface area contributed by atoms with Gasteiger partial charge in [-0.25, -0.2) is 8.78 Å². The van der Waals surface area contributed by atoms with Gasteiger partial charge < -0.3 is 15.6 Å². The number of hydrogen-bond acceptors (Lipinski definition) is 2. The van der Waals surface area contributed by atoms with Gasteiger partial charge in [0.25, 0.3) is 0 Å². The van der Waals surface area contributed by atoms with Crippen LogP contribution in [0.5, 0.6) is 0 Å². The number of halogens is 3. The van der Waals surface area contributed by atoms with Crippen LogP contribution in [-0.2, 0) is 9.59 Å². The fourth-order valence-corrected chi connectivity index (χ4v) is 2.48. The predicted molar refractivity (Wildman–Crippen MR) is 91.7 cm³/mol. The van der Waals surface area contributed by atoms with Gasteiger partial charge in [0.1, 0.15) is 0 Å². The van der Waals surface area contributed by atoms with E-state index in [4.69, 9.17) is 11.6 Å². The first kappa shape index (κ1) is 16.9. The van der Waals surface area contributed by atoms with Gasteiger partial charge in [-0.1, -0.05) is 17.7 Å². The molecule has 3 rings (SSSR count). The molecule has 3 aromatic rings. The number of benzene rings is 2. The van der Waals surface area contributed by atoms with E-state index in [1.165, 1.54) is 12.3 Å². The maximum Gasteiger partial charge on any atom is 0.314 e. The second-order valence-electron chi connectivity index (χ2n) is 5.38. The Labute approximate surface area is 146 Å². The van der Waals surface area contributed by atoms with Crippen molar-refractivity contribution in [3.05, 3.63) is 58.7 Å². The van der Waals surface area contributed by atoms with Gasteiger partial charge in [0, 0.05) is 28.4 Å². The van der Waals surface area contributed by atoms with Gasteiger partial charge in [-0.15, -0.1) is 0 Å². The van der Waals surface area contributed by atoms with Gasteiger partial charge in [-0.3, -0.25) is 9.59 Å². The number of nitrogens with one attached hydrogen (secondary N) is 3. The highest BCUT2D eigenvalue weighted by Gasteiger charge is 2.18. The summed E-state index contributed by atoms with van der Waals surface area (Å²) >= 11 is 5.87. The maximum absolute atomic E-state index is 13.4. The molecule has 0 aliphatic rings. The first-order valence-corrected chi connectivity index (χ1v) is 7.57. The van der Waals surface area contributed by atoms with Gasteiger partial charge in [-0.05, 0) is 30.7 Å². The summed E-state index contributed by atoms with van der Waals surface area (Å²) in [6.45, 7) is 1.75. The summed E-state index contributed by atoms with van der Waals surface area (Å²) in [4.78, 5) is 26.8. The summed E-state index contributed by atoms with van der Waals surface area (Å²) in [7, 11) is 0. The topological polar surface area (TPSA) is 74.0 Å². The highest BCUT2D eigenvalue weighted by Crippen LogP contribution is 2.25. The van der Waals surface area contributed by atoms with Crippen molar-refractivity contribution in [1.82, 2.24) is 4.98 Å². The lowest BCUT2D eigenvalue weighted by atomic mass is 10.2. The van der Waals surface area contributed by atoms with Crippen LogP contribution in [0, 0.1) is 18.6 Å². The van der Waals surface area contributed by atoms with Crippen LogP contribution in [0.1, 0.15) is 5.56 Å². The number of amides is 2. The predicted octanol–water partition coefficient (Wildman–Crippen LogP) is 3.99. The molecule has 8 heteroatoms. The summed E-state index contributed by atoms with van der Waals surface area (Å²) in [6, 6.07) is 6.79. The van der Waals surface area contributed by atoms with Crippen molar-refractivity contribution in [2.24, 2.45) is 0 Å². The summed E-state index contributed by atoms with van der Waals surface area (Å²) in [6.07, 6.45) is 1.35. The summed E-state index contributed by atoms with van der Waals surface area (Å²) in [5.41, 5.74) is 1.59. The SMILES string of the molecule is Cc1ccc(Cl)cc1NC(=O)C(=O)Nc1c[nH]c2cc(F)c(F)cc12. The lowest BCUT2D eigenvalue weighted by Gasteiger charge is -2.09. The Balaban J connectivity index is 1.79. The molecule has 0 aliphatic heterocycles. The third-order valence-corrected chi connectivity index (χ3v) is 3.86. The van der Waals surface area contributed by atoms with Gasteiger partial charge in [0.05, 0.1) is 11.2 Å². The van der Waals surface area contributed by atoms with Gasteiger partial charge in [0.15, 0.2) is 11.6 Å². The quantitative estimate of drug-likeness (QED) is 0.602. The van der Waals surface area contributed by atoms with Crippen LogP contribution in [-0.4, -0.2) is 16.8 Å². The Morgan fingerprint density at radius 1 is 1.00 bits per heavy atom. The molecule has 3 N–H and O–H groups in total. The molecule has 5 nitrogen and oxygen atoms in total. The Bertz CT molecular complexity index is 1000. The molecule has 0 spiro atoms. The number of aromatic amines is 1. The highest BCUT2D eigenvalue weighted by atomic mass is 35.5. The second kappa shape index (κ2) is 6.52. The fourth-order valence-electron chi connectivity index (χ4n) is 2.31. The van der Waals surface area contributed by atoms with Crippen molar-refractivity contribution < 1.29 is 18.4 Å². The van der Waals surface area contributed by atoms with Crippen LogP contribution in [0.3, 0.4) is 0 Å². The van der Waals surface area contributed by atoms with Gasteiger partial charge in [-0.2, -0.15) is 0 Å². The minimum atomic E-state index is -1.05. The molecule has 0 radical (unpaired) electrons. The minimum absolute atomic E-state index is 0.164. The summed E-state index contributed by atoms with van der Waals surface area (Å²) in [5, 5.41) is 5.47. The number of H-pyrrole nitrogens is 1. The van der Waals surface area contributed by atoms with Crippen molar-refractivity contribution in [3.63, 3.8) is 0 Å². The van der Waals surface area contributed by atoms with Crippen LogP contribution in [0.25, 0.3) is 10.9 Å². The molecule has 0 saturated carbocycles. The highest BCUT2D eigenvalue weighted by molar-refractivity contribution is 6.44. The number of anilines is 2. The van der Waals surface area contributed by atoms with Crippen molar-refractivity contribution in [2.45, 2.75) is 6.92 Å². The fraction of sp³-hybridized carbons (Fsp3) is 0.0588. The number of aromatic nitrogens is 1. The van der Waals surface area contributed by atoms with Gasteiger partial charge in [0.2, 0.25) is 0 Å². The van der Waals surface area contributed by atoms with Crippen LogP contribution < -0.4 is 10.6 Å². The van der Waals surface area contributed by atoms with E-state index in [1.54, 1.807) is 19.1 Å². The normalized spacial score (nSPS) is 10.7. The zero-order valence-corrected chi connectivity index (χ0v) is 13.7. The number of carbonyl (C=O) groups excluding carboxylic acids is 2. The van der Waals surface area contributed by atoms with Crippen LogP contribution in [0.4, 0.5) is 20.2 Å². The molecular weight excluding hydrogens is 352 g/mol. The average molecular weight is 364 g/mol. The van der Waals surface area contributed by atoms with Crippen molar-refractivity contribution in [3.8, 4) is 0 Å². The molecule has 2 amide bonds. The van der Waals surface area contributed by atoms with Crippen LogP contribution in [0.15, 0.2) is 36.5 Å². The third-order valence-electron chi connectivity index (χ3n) is 3.62. The number of aryl methyl sites for hydroxylation is 1. The van der Waals surface area contributed by atoms with E-state index in [9.17, 15) is 18.4 Å². The Kier molecular flexibility index (Phi) is 4.41. The molecule has 0 bridgehead atoms. The largest absolute Gasteiger partial charge is 0.359 e. The van der Waals surface area contributed by atoms with E-state index >= 15 is 0 Å². The second-order valence-corrected chi connectivity index (χ2v) is 5.82. The summed E-state index contributed by atoms with van der Waals surface area (Å²) < 4.78 is 26.6. The number of carbonyl (C=O) groups is 2. The zero-order chi connectivity index (χ0) is 18.1. The molecule has 1 aromatic heterocycles. The zero-order valence-electron chi connectivity index (χ0n) is 12.9. The standard InChI is InChI=1S/C17H12ClF2N3O2/c1-8-2-3-9(18)4-13(8)22-16(24)17(25)23-15-7-21-14-6-12(20)11(19)5-10(14)15/h2-7,21H,1H3,(H,22,24)(H,23,25). The lowest BCUT2D eigenvalue weighted by molar-refractivity contribution is -0.132. The molecule has 0 unspecified atom stereocenters. The Morgan fingerprint density at radius 2 is 1.64 bits per heavy atom. The number of fused-ring (bicyclic) bond motifs is 1. The molecule has 0 aliphatic carbocycles. The third kappa shape index (κ3) is 3.46. The van der Waals surface area contributed by atoms with Crippen molar-refractivity contribution in [1.29, 1.82) is 0 Å². The molecule has 1 heterocycles.